The van der Waals surface area contributed by atoms with E-state index in [4.69, 9.17) is 4.74 Å². The standard InChI is InChI=1S/C16H19NO4S/c1-10-4-5-13(16(20)21-3)7-14(10)17-8-12(6-15(17)19)9-22-11(2)18/h4-5,7,12H,6,8-9H2,1-3H3. The van der Waals surface area contributed by atoms with Gasteiger partial charge in [0.15, 0.2) is 5.12 Å². The second kappa shape index (κ2) is 6.96. The summed E-state index contributed by atoms with van der Waals surface area (Å²) < 4.78 is 4.72. The molecule has 1 aliphatic heterocycles. The van der Waals surface area contributed by atoms with Gasteiger partial charge in [-0.1, -0.05) is 17.8 Å². The number of methoxy groups -OCH3 is 1. The van der Waals surface area contributed by atoms with Crippen LogP contribution in [-0.2, 0) is 14.3 Å². The van der Waals surface area contributed by atoms with Crippen molar-refractivity contribution in [1.82, 2.24) is 0 Å². The lowest BCUT2D eigenvalue weighted by atomic mass is 10.1. The van der Waals surface area contributed by atoms with Gasteiger partial charge >= 0.3 is 5.97 Å². The molecule has 22 heavy (non-hydrogen) atoms. The molecule has 0 aliphatic carbocycles. The number of esters is 1. The van der Waals surface area contributed by atoms with E-state index in [9.17, 15) is 14.4 Å². The second-order valence-corrected chi connectivity index (χ2v) is 6.57. The molecular formula is C16H19NO4S. The summed E-state index contributed by atoms with van der Waals surface area (Å²) >= 11 is 1.25. The van der Waals surface area contributed by atoms with Gasteiger partial charge in [0.2, 0.25) is 5.91 Å². The first-order valence-electron chi connectivity index (χ1n) is 7.05. The lowest BCUT2D eigenvalue weighted by molar-refractivity contribution is -0.117. The third-order valence-electron chi connectivity index (χ3n) is 3.65. The van der Waals surface area contributed by atoms with E-state index in [0.717, 1.165) is 11.3 Å². The Labute approximate surface area is 134 Å². The molecule has 1 fully saturated rings. The molecule has 0 spiro atoms. The number of hydrogen-bond donors (Lipinski definition) is 0. The van der Waals surface area contributed by atoms with Crippen LogP contribution in [0.4, 0.5) is 5.69 Å². The number of anilines is 1. The van der Waals surface area contributed by atoms with Gasteiger partial charge in [0.25, 0.3) is 0 Å². The Morgan fingerprint density at radius 1 is 1.41 bits per heavy atom. The summed E-state index contributed by atoms with van der Waals surface area (Å²) in [5, 5.41) is 0.0646. The largest absolute Gasteiger partial charge is 0.465 e. The maximum Gasteiger partial charge on any atom is 0.337 e. The number of amides is 1. The van der Waals surface area contributed by atoms with Crippen LogP contribution in [0.25, 0.3) is 0 Å². The van der Waals surface area contributed by atoms with E-state index in [1.165, 1.54) is 25.8 Å². The monoisotopic (exact) mass is 321 g/mol. The minimum atomic E-state index is -0.420. The fourth-order valence-electron chi connectivity index (χ4n) is 2.51. The molecule has 1 aliphatic rings. The van der Waals surface area contributed by atoms with Crippen molar-refractivity contribution < 1.29 is 19.1 Å². The number of benzene rings is 1. The van der Waals surface area contributed by atoms with E-state index < -0.39 is 5.97 Å². The van der Waals surface area contributed by atoms with Gasteiger partial charge in [-0.15, -0.1) is 0 Å². The number of carbonyl (C=O) groups excluding carboxylic acids is 3. The average molecular weight is 321 g/mol. The van der Waals surface area contributed by atoms with Gasteiger partial charge < -0.3 is 9.64 Å². The van der Waals surface area contributed by atoms with E-state index in [2.05, 4.69) is 0 Å². The van der Waals surface area contributed by atoms with Crippen LogP contribution in [0.1, 0.15) is 29.3 Å². The van der Waals surface area contributed by atoms with Crippen molar-refractivity contribution in [3.05, 3.63) is 29.3 Å². The second-order valence-electron chi connectivity index (χ2n) is 5.37. The van der Waals surface area contributed by atoms with Crippen LogP contribution < -0.4 is 4.90 Å². The quantitative estimate of drug-likeness (QED) is 0.797. The molecule has 1 heterocycles. The first-order chi connectivity index (χ1) is 10.4. The van der Waals surface area contributed by atoms with Crippen LogP contribution in [0.3, 0.4) is 0 Å². The molecular weight excluding hydrogens is 302 g/mol. The smallest absolute Gasteiger partial charge is 0.337 e. The van der Waals surface area contributed by atoms with Crippen LogP contribution in [0.15, 0.2) is 18.2 Å². The lowest BCUT2D eigenvalue weighted by Crippen LogP contribution is -2.26. The topological polar surface area (TPSA) is 63.7 Å². The molecule has 6 heteroatoms. The maximum absolute atomic E-state index is 12.2. The molecule has 0 aromatic heterocycles. The highest BCUT2D eigenvalue weighted by atomic mass is 32.2. The fraction of sp³-hybridized carbons (Fsp3) is 0.438. The molecule has 1 aromatic rings. The predicted octanol–water partition coefficient (Wildman–Crippen LogP) is 2.41. The van der Waals surface area contributed by atoms with Gasteiger partial charge in [-0.25, -0.2) is 4.79 Å². The third kappa shape index (κ3) is 3.68. The van der Waals surface area contributed by atoms with E-state index in [-0.39, 0.29) is 16.9 Å². The van der Waals surface area contributed by atoms with Gasteiger partial charge in [0.05, 0.1) is 12.7 Å². The molecule has 1 aromatic carbocycles. The molecule has 2 rings (SSSR count). The normalized spacial score (nSPS) is 17.7. The Kier molecular flexibility index (Phi) is 5.24. The van der Waals surface area contributed by atoms with E-state index in [0.29, 0.717) is 24.3 Å². The zero-order valence-corrected chi connectivity index (χ0v) is 13.7. The Morgan fingerprint density at radius 2 is 2.14 bits per heavy atom. The molecule has 5 nitrogen and oxygen atoms in total. The summed E-state index contributed by atoms with van der Waals surface area (Å²) in [7, 11) is 1.33. The van der Waals surface area contributed by atoms with Gasteiger partial charge in [0, 0.05) is 31.3 Å². The molecule has 118 valence electrons. The van der Waals surface area contributed by atoms with Crippen LogP contribution in [0.2, 0.25) is 0 Å². The van der Waals surface area contributed by atoms with Crippen molar-refractivity contribution in [2.45, 2.75) is 20.3 Å². The molecule has 1 atom stereocenters. The van der Waals surface area contributed by atoms with Crippen LogP contribution in [0, 0.1) is 12.8 Å². The number of aryl methyl sites for hydroxylation is 1. The van der Waals surface area contributed by atoms with E-state index in [1.807, 2.05) is 13.0 Å². The summed E-state index contributed by atoms with van der Waals surface area (Å²) in [6, 6.07) is 5.19. The summed E-state index contributed by atoms with van der Waals surface area (Å²) in [6.45, 7) is 4.01. The minimum absolute atomic E-state index is 0.0271. The highest BCUT2D eigenvalue weighted by molar-refractivity contribution is 8.13. The molecule has 0 N–H and O–H groups in total. The molecule has 0 radical (unpaired) electrons. The number of nitrogens with zero attached hydrogens (tertiary/aromatic N) is 1. The molecule has 1 unspecified atom stereocenters. The molecule has 0 saturated carbocycles. The average Bonchev–Trinajstić information content (AvgIpc) is 2.86. The van der Waals surface area contributed by atoms with Crippen molar-refractivity contribution in [2.24, 2.45) is 5.92 Å². The summed E-state index contributed by atoms with van der Waals surface area (Å²) in [5.41, 5.74) is 2.10. The third-order valence-corrected chi connectivity index (χ3v) is 4.69. The Morgan fingerprint density at radius 3 is 2.77 bits per heavy atom. The van der Waals surface area contributed by atoms with Gasteiger partial charge in [-0.05, 0) is 30.5 Å². The number of rotatable bonds is 4. The van der Waals surface area contributed by atoms with Crippen molar-refractivity contribution in [3.63, 3.8) is 0 Å². The number of thioether (sulfide) groups is 1. The van der Waals surface area contributed by atoms with Crippen molar-refractivity contribution in [1.29, 1.82) is 0 Å². The van der Waals surface area contributed by atoms with Crippen molar-refractivity contribution >= 4 is 34.4 Å². The zero-order chi connectivity index (χ0) is 16.3. The van der Waals surface area contributed by atoms with Gasteiger partial charge in [0.1, 0.15) is 0 Å². The Balaban J connectivity index is 2.19. The van der Waals surface area contributed by atoms with Crippen molar-refractivity contribution in [2.75, 3.05) is 24.3 Å². The summed E-state index contributed by atoms with van der Waals surface area (Å²) in [5.74, 6) is 0.409. The lowest BCUT2D eigenvalue weighted by Gasteiger charge is -2.20. The fourth-order valence-corrected chi connectivity index (χ4v) is 3.20. The van der Waals surface area contributed by atoms with Crippen molar-refractivity contribution in [3.8, 4) is 0 Å². The van der Waals surface area contributed by atoms with E-state index in [1.54, 1.807) is 17.0 Å². The molecule has 0 bridgehead atoms. The van der Waals surface area contributed by atoms with Gasteiger partial charge in [-0.2, -0.15) is 0 Å². The van der Waals surface area contributed by atoms with Crippen LogP contribution in [0.5, 0.6) is 0 Å². The number of ether oxygens (including phenoxy) is 1. The first kappa shape index (κ1) is 16.5. The highest BCUT2D eigenvalue weighted by Gasteiger charge is 2.31. The predicted molar refractivity (Wildman–Crippen MR) is 86.1 cm³/mol. The number of hydrogen-bond acceptors (Lipinski definition) is 5. The summed E-state index contributed by atoms with van der Waals surface area (Å²) in [6.07, 6.45) is 0.433. The summed E-state index contributed by atoms with van der Waals surface area (Å²) in [4.78, 5) is 36.7. The molecule has 1 saturated heterocycles. The van der Waals surface area contributed by atoms with Crippen LogP contribution >= 0.6 is 11.8 Å². The first-order valence-corrected chi connectivity index (χ1v) is 8.03. The van der Waals surface area contributed by atoms with Gasteiger partial charge in [-0.3, -0.25) is 9.59 Å². The maximum atomic E-state index is 12.2. The zero-order valence-electron chi connectivity index (χ0n) is 12.9. The molecule has 1 amide bonds. The highest BCUT2D eigenvalue weighted by Crippen LogP contribution is 2.30. The number of carbonyl (C=O) groups is 3. The minimum Gasteiger partial charge on any atom is -0.465 e. The Hall–Kier alpha value is -1.82. The van der Waals surface area contributed by atoms with E-state index >= 15 is 0 Å². The SMILES string of the molecule is COC(=O)c1ccc(C)c(N2CC(CSC(C)=O)CC2=O)c1. The Bertz CT molecular complexity index is 614. The van der Waals surface area contributed by atoms with Crippen LogP contribution in [-0.4, -0.2) is 36.4 Å².